The van der Waals surface area contributed by atoms with E-state index in [2.05, 4.69) is 13.2 Å². The highest BCUT2D eigenvalue weighted by Gasteiger charge is 2.05. The van der Waals surface area contributed by atoms with Crippen LogP contribution in [-0.4, -0.2) is 25.3 Å². The van der Waals surface area contributed by atoms with Crippen LogP contribution in [0.2, 0.25) is 0 Å². The van der Waals surface area contributed by atoms with Gasteiger partial charge in [0, 0.05) is 0 Å². The molecule has 3 heteroatoms. The maximum atomic E-state index is 11.3. The summed E-state index contributed by atoms with van der Waals surface area (Å²) in [5.41, 5.74) is 0.398. The molecule has 3 nitrogen and oxygen atoms in total. The molecule has 0 rings (SSSR count). The molecule has 0 atom stereocenters. The lowest BCUT2D eigenvalue weighted by Gasteiger charge is -2.08. The molecule has 0 heterocycles. The third-order valence-electron chi connectivity index (χ3n) is 1.52. The zero-order valence-corrected chi connectivity index (χ0v) is 9.36. The first-order valence-corrected chi connectivity index (χ1v) is 4.85. The van der Waals surface area contributed by atoms with E-state index in [4.69, 9.17) is 9.47 Å². The van der Waals surface area contributed by atoms with E-state index in [0.29, 0.717) is 12.2 Å². The molecule has 0 aliphatic heterocycles. The fourth-order valence-electron chi connectivity index (χ4n) is 0.848. The van der Waals surface area contributed by atoms with E-state index in [1.165, 1.54) is 12.2 Å². The number of allylic oxidation sites excluding steroid dienone is 2. The van der Waals surface area contributed by atoms with Gasteiger partial charge in [0.05, 0.1) is 18.3 Å². The van der Waals surface area contributed by atoms with Crippen molar-refractivity contribution in [1.29, 1.82) is 0 Å². The van der Waals surface area contributed by atoms with Gasteiger partial charge in [-0.2, -0.15) is 0 Å². The molecular formula is C12H18O3. The van der Waals surface area contributed by atoms with Gasteiger partial charge in [-0.25, -0.2) is 4.79 Å². The van der Waals surface area contributed by atoms with Gasteiger partial charge in [-0.05, 0) is 19.9 Å². The van der Waals surface area contributed by atoms with Crippen LogP contribution in [0.15, 0.2) is 37.0 Å². The van der Waals surface area contributed by atoms with Crippen molar-refractivity contribution in [3.05, 3.63) is 37.0 Å². The molecule has 0 aliphatic carbocycles. The minimum Gasteiger partial charge on any atom is -0.460 e. The predicted octanol–water partition coefficient (Wildman–Crippen LogP) is 2.25. The summed E-state index contributed by atoms with van der Waals surface area (Å²) in [5.74, 6) is -0.405. The maximum absolute atomic E-state index is 11.3. The fraction of sp³-hybridized carbons (Fsp3) is 0.417. The largest absolute Gasteiger partial charge is 0.460 e. The Morgan fingerprint density at radius 3 is 2.47 bits per heavy atom. The normalized spacial score (nSPS) is 11.3. The van der Waals surface area contributed by atoms with Crippen molar-refractivity contribution in [3.8, 4) is 0 Å². The number of ether oxygens (including phenoxy) is 2. The molecule has 0 aromatic heterocycles. The van der Waals surface area contributed by atoms with Gasteiger partial charge < -0.3 is 9.47 Å². The summed E-state index contributed by atoms with van der Waals surface area (Å²) in [6.07, 6.45) is 4.65. The molecule has 0 saturated heterocycles. The van der Waals surface area contributed by atoms with E-state index < -0.39 is 5.97 Å². The highest BCUT2D eigenvalue weighted by atomic mass is 16.6. The first-order valence-electron chi connectivity index (χ1n) is 4.85. The van der Waals surface area contributed by atoms with Gasteiger partial charge >= 0.3 is 5.97 Å². The van der Waals surface area contributed by atoms with Crippen molar-refractivity contribution in [2.75, 3.05) is 13.2 Å². The van der Waals surface area contributed by atoms with Crippen molar-refractivity contribution in [1.82, 2.24) is 0 Å². The third-order valence-corrected chi connectivity index (χ3v) is 1.52. The Labute approximate surface area is 91.1 Å². The van der Waals surface area contributed by atoms with Crippen LogP contribution in [0.3, 0.4) is 0 Å². The van der Waals surface area contributed by atoms with Gasteiger partial charge in [-0.1, -0.05) is 25.3 Å². The number of carbonyl (C=O) groups is 1. The highest BCUT2D eigenvalue weighted by Crippen LogP contribution is 2.00. The minimum absolute atomic E-state index is 0.145. The smallest absolute Gasteiger partial charge is 0.338 e. The molecular weight excluding hydrogens is 192 g/mol. The quantitative estimate of drug-likeness (QED) is 0.280. The number of esters is 1. The van der Waals surface area contributed by atoms with Crippen LogP contribution in [0.25, 0.3) is 0 Å². The molecule has 0 saturated carbocycles. The van der Waals surface area contributed by atoms with Crippen molar-refractivity contribution in [3.63, 3.8) is 0 Å². The van der Waals surface area contributed by atoms with E-state index in [9.17, 15) is 4.79 Å². The Bertz CT molecular complexity index is 252. The molecule has 0 radical (unpaired) electrons. The zero-order chi connectivity index (χ0) is 11.7. The van der Waals surface area contributed by atoms with E-state index in [0.717, 1.165) is 0 Å². The molecule has 0 aromatic rings. The molecule has 0 N–H and O–H groups in total. The van der Waals surface area contributed by atoms with E-state index in [1.54, 1.807) is 6.08 Å². The lowest BCUT2D eigenvalue weighted by atomic mass is 10.2. The number of hydrogen-bond acceptors (Lipinski definition) is 3. The number of hydrogen-bond donors (Lipinski definition) is 0. The molecule has 0 unspecified atom stereocenters. The predicted molar refractivity (Wildman–Crippen MR) is 60.5 cm³/mol. The first-order chi connectivity index (χ1) is 7.11. The molecule has 0 spiro atoms. The van der Waals surface area contributed by atoms with Gasteiger partial charge in [0.15, 0.2) is 0 Å². The molecule has 0 amide bonds. The van der Waals surface area contributed by atoms with Gasteiger partial charge in [0.2, 0.25) is 0 Å². The Balaban J connectivity index is 3.87. The second-order valence-corrected chi connectivity index (χ2v) is 3.12. The van der Waals surface area contributed by atoms with Gasteiger partial charge in [0.25, 0.3) is 0 Å². The molecule has 84 valence electrons. The van der Waals surface area contributed by atoms with Crippen molar-refractivity contribution >= 4 is 5.97 Å². The van der Waals surface area contributed by atoms with Crippen LogP contribution in [0.5, 0.6) is 0 Å². The average Bonchev–Trinajstić information content (AvgIpc) is 2.20. The van der Waals surface area contributed by atoms with Gasteiger partial charge in [-0.15, -0.1) is 0 Å². The summed E-state index contributed by atoms with van der Waals surface area (Å²) < 4.78 is 10.2. The molecule has 0 bridgehead atoms. The lowest BCUT2D eigenvalue weighted by Crippen LogP contribution is -2.14. The zero-order valence-electron chi connectivity index (χ0n) is 9.36. The van der Waals surface area contributed by atoms with Gasteiger partial charge in [-0.3, -0.25) is 0 Å². The minimum atomic E-state index is -0.405. The summed E-state index contributed by atoms with van der Waals surface area (Å²) in [7, 11) is 0. The van der Waals surface area contributed by atoms with Crippen molar-refractivity contribution in [2.24, 2.45) is 0 Å². The van der Waals surface area contributed by atoms with Crippen LogP contribution < -0.4 is 0 Å². The molecule has 0 fully saturated rings. The first kappa shape index (κ1) is 13.7. The van der Waals surface area contributed by atoms with Crippen LogP contribution >= 0.6 is 0 Å². The molecule has 0 aromatic carbocycles. The second-order valence-electron chi connectivity index (χ2n) is 3.12. The molecule has 15 heavy (non-hydrogen) atoms. The van der Waals surface area contributed by atoms with E-state index in [1.807, 2.05) is 13.8 Å². The Morgan fingerprint density at radius 1 is 1.33 bits per heavy atom. The number of carbonyl (C=O) groups excluding carboxylic acids is 1. The topological polar surface area (TPSA) is 35.5 Å². The van der Waals surface area contributed by atoms with Crippen LogP contribution in [0.4, 0.5) is 0 Å². The van der Waals surface area contributed by atoms with Crippen molar-refractivity contribution < 1.29 is 14.3 Å². The third kappa shape index (κ3) is 6.69. The Kier molecular flexibility index (Phi) is 7.28. The Hall–Kier alpha value is -1.35. The molecule has 0 aliphatic rings. The van der Waals surface area contributed by atoms with Crippen LogP contribution in [0.1, 0.15) is 13.8 Å². The van der Waals surface area contributed by atoms with Crippen molar-refractivity contribution in [2.45, 2.75) is 20.0 Å². The van der Waals surface area contributed by atoms with Crippen LogP contribution in [0, 0.1) is 0 Å². The summed E-state index contributed by atoms with van der Waals surface area (Å²) in [6, 6.07) is 0. The second kappa shape index (κ2) is 8.00. The van der Waals surface area contributed by atoms with E-state index >= 15 is 0 Å². The van der Waals surface area contributed by atoms with Gasteiger partial charge in [0.1, 0.15) is 6.61 Å². The average molecular weight is 210 g/mol. The summed E-state index contributed by atoms with van der Waals surface area (Å²) >= 11 is 0. The maximum Gasteiger partial charge on any atom is 0.338 e. The highest BCUT2D eigenvalue weighted by molar-refractivity contribution is 5.91. The van der Waals surface area contributed by atoms with Crippen LogP contribution in [-0.2, 0) is 14.3 Å². The SMILES string of the molecule is C=C/C=C(\C=C)C(=O)OCCOC(C)C. The fourth-order valence-corrected chi connectivity index (χ4v) is 0.848. The lowest BCUT2D eigenvalue weighted by molar-refractivity contribution is -0.140. The summed E-state index contributed by atoms with van der Waals surface area (Å²) in [5, 5.41) is 0. The standard InChI is InChI=1S/C12H18O3/c1-5-7-11(6-2)12(13)15-9-8-14-10(3)4/h5-7,10H,1-2,8-9H2,3-4H3/b11-7+. The van der Waals surface area contributed by atoms with E-state index in [-0.39, 0.29) is 12.7 Å². The Morgan fingerprint density at radius 2 is 2.00 bits per heavy atom. The summed E-state index contributed by atoms with van der Waals surface area (Å²) in [6.45, 7) is 11.5. The number of rotatable bonds is 7. The summed E-state index contributed by atoms with van der Waals surface area (Å²) in [4.78, 5) is 11.3. The monoisotopic (exact) mass is 210 g/mol.